The van der Waals surface area contributed by atoms with Crippen molar-refractivity contribution in [2.24, 2.45) is 0 Å². The van der Waals surface area contributed by atoms with Crippen LogP contribution in [0.3, 0.4) is 0 Å². The Morgan fingerprint density at radius 2 is 0.811 bits per heavy atom. The highest BCUT2D eigenvalue weighted by Gasteiger charge is 2.15. The molecule has 0 saturated heterocycles. The Balaban J connectivity index is 0.999. The molecule has 0 radical (unpaired) electrons. The highest BCUT2D eigenvalue weighted by atomic mass is 32.1. The summed E-state index contributed by atoms with van der Waals surface area (Å²) in [6, 6.07) is 71.6. The lowest BCUT2D eigenvalue weighted by Crippen LogP contribution is -2.09. The van der Waals surface area contributed by atoms with Gasteiger partial charge in [-0.2, -0.15) is 0 Å². The number of benzene rings is 8. The molecule has 8 aromatic carbocycles. The molecule has 0 amide bonds. The van der Waals surface area contributed by atoms with Crippen LogP contribution in [0.1, 0.15) is 0 Å². The molecule has 2 aromatic heterocycles. The normalized spacial score (nSPS) is 11.4. The van der Waals surface area contributed by atoms with Crippen molar-refractivity contribution in [3.8, 4) is 44.7 Å². The van der Waals surface area contributed by atoms with Gasteiger partial charge in [0.05, 0.1) is 0 Å². The van der Waals surface area contributed by atoms with E-state index in [1.807, 2.05) is 29.5 Å². The second kappa shape index (κ2) is 13.1. The summed E-state index contributed by atoms with van der Waals surface area (Å²) in [7, 11) is 0. The molecule has 3 heteroatoms. The first kappa shape index (κ1) is 31.1. The van der Waals surface area contributed by atoms with Crippen LogP contribution in [-0.4, -0.2) is 0 Å². The summed E-state index contributed by atoms with van der Waals surface area (Å²) in [5, 5.41) is 3.74. The molecule has 10 rings (SSSR count). The Bertz CT molecular complexity index is 2820. The highest BCUT2D eigenvalue weighted by molar-refractivity contribution is 7.25. The van der Waals surface area contributed by atoms with Crippen LogP contribution >= 0.6 is 11.3 Å². The lowest BCUT2D eigenvalue weighted by atomic mass is 10.00. The Morgan fingerprint density at radius 1 is 0.340 bits per heavy atom. The van der Waals surface area contributed by atoms with E-state index in [1.165, 1.54) is 53.6 Å². The number of thiophene rings is 1. The topological polar surface area (TPSA) is 16.4 Å². The average molecular weight is 696 g/mol. The largest absolute Gasteiger partial charge is 0.456 e. The first-order valence-corrected chi connectivity index (χ1v) is 18.7. The Hall–Kier alpha value is -6.68. The Kier molecular flexibility index (Phi) is 7.71. The highest BCUT2D eigenvalue weighted by Crippen LogP contribution is 2.40. The van der Waals surface area contributed by atoms with Crippen LogP contribution < -0.4 is 4.90 Å². The molecule has 0 bridgehead atoms. The standard InChI is InChI=1S/C50H33NOS/c1-2-8-34(9-3-1)35-14-16-36(17-15-35)37-18-25-42(26-19-37)51(44-29-22-39(23-30-44)48-33-41-10-4-6-12-47(41)52-48)43-27-20-38(21-28-43)40-24-31-50-46(32-40)45-11-5-7-13-49(45)53-50/h1-33H. The molecule has 0 fully saturated rings. The number of fused-ring (bicyclic) bond motifs is 4. The monoisotopic (exact) mass is 695 g/mol. The van der Waals surface area contributed by atoms with Crippen molar-refractivity contribution < 1.29 is 4.42 Å². The number of hydrogen-bond donors (Lipinski definition) is 0. The number of furan rings is 1. The zero-order valence-electron chi connectivity index (χ0n) is 28.8. The van der Waals surface area contributed by atoms with E-state index in [9.17, 15) is 0 Å². The summed E-state index contributed by atoms with van der Waals surface area (Å²) in [6.45, 7) is 0. The maximum atomic E-state index is 6.20. The Labute approximate surface area is 312 Å². The number of para-hydroxylation sites is 1. The van der Waals surface area contributed by atoms with Crippen molar-refractivity contribution in [1.82, 2.24) is 0 Å². The third-order valence-electron chi connectivity index (χ3n) is 10.1. The predicted octanol–water partition coefficient (Wildman–Crippen LogP) is 14.9. The molecule has 0 aliphatic carbocycles. The second-order valence-electron chi connectivity index (χ2n) is 13.4. The molecule has 0 aliphatic heterocycles. The third-order valence-corrected chi connectivity index (χ3v) is 11.3. The van der Waals surface area contributed by atoms with E-state index in [4.69, 9.17) is 4.42 Å². The molecule has 0 atom stereocenters. The second-order valence-corrected chi connectivity index (χ2v) is 14.5. The fourth-order valence-electron chi connectivity index (χ4n) is 7.34. The molecule has 0 spiro atoms. The van der Waals surface area contributed by atoms with Gasteiger partial charge in [-0.15, -0.1) is 11.3 Å². The fraction of sp³-hybridized carbons (Fsp3) is 0. The quantitative estimate of drug-likeness (QED) is 0.165. The molecule has 0 saturated carbocycles. The van der Waals surface area contributed by atoms with Gasteiger partial charge < -0.3 is 9.32 Å². The number of hydrogen-bond acceptors (Lipinski definition) is 3. The van der Waals surface area contributed by atoms with Crippen LogP contribution in [0.4, 0.5) is 17.1 Å². The number of nitrogens with zero attached hydrogens (tertiary/aromatic N) is 1. The summed E-state index contributed by atoms with van der Waals surface area (Å²) in [5.74, 6) is 0.867. The van der Waals surface area contributed by atoms with E-state index < -0.39 is 0 Å². The summed E-state index contributed by atoms with van der Waals surface area (Å²) >= 11 is 1.85. The first-order chi connectivity index (χ1) is 26.2. The first-order valence-electron chi connectivity index (χ1n) is 17.9. The smallest absolute Gasteiger partial charge is 0.135 e. The van der Waals surface area contributed by atoms with Gasteiger partial charge in [-0.05, 0) is 112 Å². The minimum Gasteiger partial charge on any atom is -0.456 e. The van der Waals surface area contributed by atoms with E-state index in [0.717, 1.165) is 39.4 Å². The van der Waals surface area contributed by atoms with Gasteiger partial charge in [0.1, 0.15) is 11.3 Å². The summed E-state index contributed by atoms with van der Waals surface area (Å²) in [6.07, 6.45) is 0. The van der Waals surface area contributed by atoms with E-state index in [2.05, 4.69) is 187 Å². The van der Waals surface area contributed by atoms with Crippen LogP contribution in [-0.2, 0) is 0 Å². The predicted molar refractivity (Wildman–Crippen MR) is 226 cm³/mol. The molecule has 250 valence electrons. The molecule has 2 nitrogen and oxygen atoms in total. The molecule has 0 aliphatic rings. The minimum absolute atomic E-state index is 0.867. The summed E-state index contributed by atoms with van der Waals surface area (Å²) in [5.41, 5.74) is 12.4. The SMILES string of the molecule is c1ccc(-c2ccc(-c3ccc(N(c4ccc(-c5ccc6sc7ccccc7c6c5)cc4)c4ccc(-c5cc6ccccc6o5)cc4)cc3)cc2)cc1. The fourth-order valence-corrected chi connectivity index (χ4v) is 8.43. The summed E-state index contributed by atoms with van der Waals surface area (Å²) in [4.78, 5) is 2.32. The van der Waals surface area contributed by atoms with Crippen LogP contribution in [0, 0.1) is 0 Å². The van der Waals surface area contributed by atoms with Gasteiger partial charge in [-0.3, -0.25) is 0 Å². The van der Waals surface area contributed by atoms with E-state index >= 15 is 0 Å². The third kappa shape index (κ3) is 5.87. The van der Waals surface area contributed by atoms with Gasteiger partial charge in [0.25, 0.3) is 0 Å². The van der Waals surface area contributed by atoms with Crippen LogP contribution in [0.5, 0.6) is 0 Å². The number of rotatable bonds is 7. The molecule has 2 heterocycles. The zero-order chi connectivity index (χ0) is 35.1. The molecular formula is C50H33NOS. The zero-order valence-corrected chi connectivity index (χ0v) is 29.6. The lowest BCUT2D eigenvalue weighted by Gasteiger charge is -2.26. The van der Waals surface area contributed by atoms with Crippen LogP contribution in [0.2, 0.25) is 0 Å². The van der Waals surface area contributed by atoms with Crippen molar-refractivity contribution >= 4 is 59.5 Å². The van der Waals surface area contributed by atoms with Crippen LogP contribution in [0.25, 0.3) is 75.8 Å². The van der Waals surface area contributed by atoms with Crippen molar-refractivity contribution in [2.75, 3.05) is 4.90 Å². The van der Waals surface area contributed by atoms with Gasteiger partial charge in [0.2, 0.25) is 0 Å². The van der Waals surface area contributed by atoms with Crippen molar-refractivity contribution in [2.45, 2.75) is 0 Å². The maximum Gasteiger partial charge on any atom is 0.135 e. The summed E-state index contributed by atoms with van der Waals surface area (Å²) < 4.78 is 8.84. The lowest BCUT2D eigenvalue weighted by molar-refractivity contribution is 0.631. The molecular weight excluding hydrogens is 663 g/mol. The minimum atomic E-state index is 0.867. The maximum absolute atomic E-state index is 6.20. The van der Waals surface area contributed by atoms with Crippen molar-refractivity contribution in [1.29, 1.82) is 0 Å². The van der Waals surface area contributed by atoms with E-state index in [0.29, 0.717) is 0 Å². The van der Waals surface area contributed by atoms with Crippen molar-refractivity contribution in [3.05, 3.63) is 200 Å². The van der Waals surface area contributed by atoms with Gasteiger partial charge in [-0.1, -0.05) is 121 Å². The van der Waals surface area contributed by atoms with E-state index in [1.54, 1.807) is 0 Å². The molecule has 53 heavy (non-hydrogen) atoms. The molecule has 10 aromatic rings. The van der Waals surface area contributed by atoms with Crippen molar-refractivity contribution in [3.63, 3.8) is 0 Å². The van der Waals surface area contributed by atoms with Crippen LogP contribution in [0.15, 0.2) is 205 Å². The average Bonchev–Trinajstić information content (AvgIpc) is 3.84. The van der Waals surface area contributed by atoms with Gasteiger partial charge >= 0.3 is 0 Å². The van der Waals surface area contributed by atoms with E-state index in [-0.39, 0.29) is 0 Å². The Morgan fingerprint density at radius 3 is 1.45 bits per heavy atom. The molecule has 0 unspecified atom stereocenters. The van der Waals surface area contributed by atoms with Gasteiger partial charge in [-0.25, -0.2) is 0 Å². The number of anilines is 3. The van der Waals surface area contributed by atoms with Gasteiger partial charge in [0.15, 0.2) is 0 Å². The van der Waals surface area contributed by atoms with Gasteiger partial charge in [0, 0.05) is 48.2 Å². The molecule has 0 N–H and O–H groups in total.